The van der Waals surface area contributed by atoms with Crippen LogP contribution < -0.4 is 20.9 Å². The zero-order chi connectivity index (χ0) is 32.9. The van der Waals surface area contributed by atoms with Crippen molar-refractivity contribution in [3.8, 4) is 22.8 Å². The molecule has 44 heavy (non-hydrogen) atoms. The first-order chi connectivity index (χ1) is 20.4. The SMILES string of the molecule is COc1ccc(-c2cc3ccc(OCC(CO)CCC(O)COC(=O)C(CC(C)(C)N)C(C)(C)N)cc3o2)c(C(F)(F)F)c1. The third kappa shape index (κ3) is 9.85. The van der Waals surface area contributed by atoms with Crippen molar-refractivity contribution in [3.05, 3.63) is 48.0 Å². The van der Waals surface area contributed by atoms with Crippen molar-refractivity contribution >= 4 is 16.9 Å². The fourth-order valence-corrected chi connectivity index (χ4v) is 4.74. The molecule has 0 amide bonds. The number of hydrogen-bond acceptors (Lipinski definition) is 9. The van der Waals surface area contributed by atoms with E-state index in [1.807, 2.05) is 0 Å². The van der Waals surface area contributed by atoms with Crippen LogP contribution in [0.25, 0.3) is 22.3 Å². The molecule has 1 heterocycles. The summed E-state index contributed by atoms with van der Waals surface area (Å²) in [6.45, 7) is 6.70. The van der Waals surface area contributed by atoms with Crippen molar-refractivity contribution < 1.29 is 46.8 Å². The number of aliphatic hydroxyl groups excluding tert-OH is 2. The Balaban J connectivity index is 1.58. The summed E-state index contributed by atoms with van der Waals surface area (Å²) < 4.78 is 63.0. The number of rotatable bonds is 15. The van der Waals surface area contributed by atoms with Gasteiger partial charge in [0.25, 0.3) is 0 Å². The van der Waals surface area contributed by atoms with E-state index in [0.717, 1.165) is 6.07 Å². The molecule has 6 N–H and O–H groups in total. The third-order valence-electron chi connectivity index (χ3n) is 7.27. The molecule has 12 heteroatoms. The second-order valence-electron chi connectivity index (χ2n) is 12.5. The zero-order valence-electron chi connectivity index (χ0n) is 25.7. The summed E-state index contributed by atoms with van der Waals surface area (Å²) >= 11 is 0. The Kier molecular flexibility index (Phi) is 11.3. The van der Waals surface area contributed by atoms with Gasteiger partial charge in [0.1, 0.15) is 29.4 Å². The first-order valence-corrected chi connectivity index (χ1v) is 14.4. The van der Waals surface area contributed by atoms with Crippen LogP contribution in [0.5, 0.6) is 11.5 Å². The fourth-order valence-electron chi connectivity index (χ4n) is 4.74. The Bertz CT molecular complexity index is 1390. The van der Waals surface area contributed by atoms with E-state index in [4.69, 9.17) is 30.1 Å². The standard InChI is InChI=1S/C32H43F3N2O7/c1-30(2,36)15-26(31(3,4)37)29(40)43-18-21(39)8-6-19(16-38)17-42-23-9-7-20-12-28(44-27(20)14-23)24-11-10-22(41-5)13-25(24)32(33,34)35/h7,9-14,19,21,26,38-39H,6,8,15-18,36-37H2,1-5H3. The highest BCUT2D eigenvalue weighted by molar-refractivity contribution is 5.84. The number of nitrogens with two attached hydrogens (primary N) is 2. The molecule has 0 saturated carbocycles. The highest BCUT2D eigenvalue weighted by Gasteiger charge is 2.37. The summed E-state index contributed by atoms with van der Waals surface area (Å²) in [5.41, 5.74) is 10.1. The Morgan fingerprint density at radius 1 is 0.977 bits per heavy atom. The topological polar surface area (TPSA) is 150 Å². The maximum atomic E-state index is 13.7. The number of ether oxygens (including phenoxy) is 3. The van der Waals surface area contributed by atoms with E-state index in [-0.39, 0.29) is 49.2 Å². The Hall–Kier alpha value is -3.32. The monoisotopic (exact) mass is 624 g/mol. The molecule has 3 atom stereocenters. The van der Waals surface area contributed by atoms with Gasteiger partial charge in [-0.3, -0.25) is 4.79 Å². The molecule has 0 aliphatic heterocycles. The molecular formula is C32H43F3N2O7. The van der Waals surface area contributed by atoms with Crippen LogP contribution in [0.1, 0.15) is 52.5 Å². The molecule has 0 radical (unpaired) electrons. The molecule has 0 fully saturated rings. The first-order valence-electron chi connectivity index (χ1n) is 14.4. The van der Waals surface area contributed by atoms with Crippen molar-refractivity contribution in [1.82, 2.24) is 0 Å². The van der Waals surface area contributed by atoms with Crippen molar-refractivity contribution in [2.75, 3.05) is 26.9 Å². The lowest BCUT2D eigenvalue weighted by Crippen LogP contribution is -2.50. The van der Waals surface area contributed by atoms with Gasteiger partial charge in [-0.1, -0.05) is 0 Å². The lowest BCUT2D eigenvalue weighted by Gasteiger charge is -2.33. The summed E-state index contributed by atoms with van der Waals surface area (Å²) in [4.78, 5) is 12.7. The van der Waals surface area contributed by atoms with Gasteiger partial charge in [0.2, 0.25) is 0 Å². The number of furan rings is 1. The normalized spacial score (nSPS) is 14.7. The highest BCUT2D eigenvalue weighted by atomic mass is 19.4. The number of alkyl halides is 3. The Morgan fingerprint density at radius 3 is 2.25 bits per heavy atom. The molecule has 3 unspecified atom stereocenters. The van der Waals surface area contributed by atoms with Gasteiger partial charge in [0, 0.05) is 40.6 Å². The number of carbonyl (C=O) groups excluding carboxylic acids is 1. The van der Waals surface area contributed by atoms with Gasteiger partial charge in [-0.2, -0.15) is 13.2 Å². The van der Waals surface area contributed by atoms with Crippen molar-refractivity contribution in [2.45, 2.75) is 70.3 Å². The molecule has 0 spiro atoms. The van der Waals surface area contributed by atoms with E-state index in [9.17, 15) is 28.2 Å². The number of hydrogen-bond donors (Lipinski definition) is 4. The van der Waals surface area contributed by atoms with Crippen LogP contribution in [0.2, 0.25) is 0 Å². The Labute approximate surface area is 255 Å². The highest BCUT2D eigenvalue weighted by Crippen LogP contribution is 2.41. The molecule has 0 aliphatic rings. The lowest BCUT2D eigenvalue weighted by molar-refractivity contribution is -0.154. The minimum Gasteiger partial charge on any atom is -0.497 e. The lowest BCUT2D eigenvalue weighted by atomic mass is 9.80. The third-order valence-corrected chi connectivity index (χ3v) is 7.27. The molecule has 3 aromatic rings. The van der Waals surface area contributed by atoms with E-state index < -0.39 is 40.8 Å². The molecule has 1 aromatic heterocycles. The number of benzene rings is 2. The van der Waals surface area contributed by atoms with Crippen molar-refractivity contribution in [3.63, 3.8) is 0 Å². The number of carbonyl (C=O) groups is 1. The molecule has 0 aliphatic carbocycles. The van der Waals surface area contributed by atoms with Gasteiger partial charge in [-0.05, 0) is 83.4 Å². The molecule has 9 nitrogen and oxygen atoms in total. The van der Waals surface area contributed by atoms with Gasteiger partial charge >= 0.3 is 12.1 Å². The van der Waals surface area contributed by atoms with Crippen LogP contribution in [-0.4, -0.2) is 60.3 Å². The first kappa shape index (κ1) is 35.2. The number of halogens is 3. The predicted octanol–water partition coefficient (Wildman–Crippen LogP) is 5.28. The van der Waals surface area contributed by atoms with Crippen molar-refractivity contribution in [2.24, 2.45) is 23.3 Å². The maximum absolute atomic E-state index is 13.7. The average Bonchev–Trinajstić information content (AvgIpc) is 3.36. The van der Waals surface area contributed by atoms with E-state index in [2.05, 4.69) is 0 Å². The summed E-state index contributed by atoms with van der Waals surface area (Å²) in [5, 5.41) is 20.8. The molecular weight excluding hydrogens is 581 g/mol. The van der Waals surface area contributed by atoms with E-state index in [1.165, 1.54) is 25.3 Å². The molecule has 0 bridgehead atoms. The van der Waals surface area contributed by atoms with Crippen LogP contribution in [0.3, 0.4) is 0 Å². The predicted molar refractivity (Wildman–Crippen MR) is 160 cm³/mol. The summed E-state index contributed by atoms with van der Waals surface area (Å²) in [7, 11) is 1.29. The van der Waals surface area contributed by atoms with Crippen LogP contribution in [0.15, 0.2) is 46.9 Å². The second kappa shape index (κ2) is 14.2. The fraction of sp³-hybridized carbons (Fsp3) is 0.531. The average molecular weight is 625 g/mol. The number of methoxy groups -OCH3 is 1. The molecule has 3 rings (SSSR count). The van der Waals surface area contributed by atoms with Gasteiger partial charge in [-0.15, -0.1) is 0 Å². The molecule has 2 aromatic carbocycles. The second-order valence-corrected chi connectivity index (χ2v) is 12.5. The van der Waals surface area contributed by atoms with Gasteiger partial charge in [-0.25, -0.2) is 0 Å². The van der Waals surface area contributed by atoms with Gasteiger partial charge in [0.05, 0.1) is 31.3 Å². The number of fused-ring (bicyclic) bond motifs is 1. The van der Waals surface area contributed by atoms with E-state index >= 15 is 0 Å². The summed E-state index contributed by atoms with van der Waals surface area (Å²) in [5.74, 6) is -1.01. The quantitative estimate of drug-likeness (QED) is 0.166. The van der Waals surface area contributed by atoms with E-state index in [0.29, 0.717) is 29.6 Å². The molecule has 0 saturated heterocycles. The minimum absolute atomic E-state index is 0.0446. The van der Waals surface area contributed by atoms with Crippen LogP contribution in [0.4, 0.5) is 13.2 Å². The van der Waals surface area contributed by atoms with Gasteiger partial charge < -0.3 is 40.3 Å². The van der Waals surface area contributed by atoms with Crippen molar-refractivity contribution in [1.29, 1.82) is 0 Å². The smallest absolute Gasteiger partial charge is 0.417 e. The Morgan fingerprint density at radius 2 is 1.66 bits per heavy atom. The van der Waals surface area contributed by atoms with Crippen LogP contribution >= 0.6 is 0 Å². The van der Waals surface area contributed by atoms with E-state index in [1.54, 1.807) is 45.9 Å². The summed E-state index contributed by atoms with van der Waals surface area (Å²) in [6.07, 6.45) is -4.64. The largest absolute Gasteiger partial charge is 0.497 e. The van der Waals surface area contributed by atoms with Crippen LogP contribution in [0, 0.1) is 11.8 Å². The van der Waals surface area contributed by atoms with Gasteiger partial charge in [0.15, 0.2) is 0 Å². The van der Waals surface area contributed by atoms with Crippen LogP contribution in [-0.2, 0) is 15.7 Å². The summed E-state index contributed by atoms with van der Waals surface area (Å²) in [6, 6.07) is 10.1. The number of esters is 1. The minimum atomic E-state index is -4.61. The maximum Gasteiger partial charge on any atom is 0.417 e. The number of aliphatic hydroxyl groups is 2. The molecule has 244 valence electrons. The zero-order valence-corrected chi connectivity index (χ0v) is 25.7.